The molecule has 0 aliphatic rings. The van der Waals surface area contributed by atoms with E-state index in [9.17, 15) is 5.11 Å². The number of phenolic OH excluding ortho intramolecular Hbond substituents is 1. The highest BCUT2D eigenvalue weighted by molar-refractivity contribution is 6.16. The second-order valence-corrected chi connectivity index (χ2v) is 3.44. The molecule has 78 valence electrons. The van der Waals surface area contributed by atoms with E-state index in [0.717, 1.165) is 5.56 Å². The molecule has 0 radical (unpaired) electrons. The summed E-state index contributed by atoms with van der Waals surface area (Å²) in [7, 11) is 0. The van der Waals surface area contributed by atoms with Gasteiger partial charge in [0.25, 0.3) is 5.89 Å². The zero-order chi connectivity index (χ0) is 10.8. The van der Waals surface area contributed by atoms with Crippen LogP contribution in [0.3, 0.4) is 0 Å². The van der Waals surface area contributed by atoms with Gasteiger partial charge in [-0.2, -0.15) is 4.98 Å². The maximum atomic E-state index is 9.61. The minimum atomic E-state index is 0.116. The van der Waals surface area contributed by atoms with Gasteiger partial charge in [-0.05, 0) is 19.1 Å². The molecule has 0 amide bonds. The van der Waals surface area contributed by atoms with Gasteiger partial charge >= 0.3 is 0 Å². The third-order valence-electron chi connectivity index (χ3n) is 1.97. The summed E-state index contributed by atoms with van der Waals surface area (Å²) in [6, 6.07) is 5.17. The average molecular weight is 225 g/mol. The van der Waals surface area contributed by atoms with E-state index in [1.807, 2.05) is 6.92 Å². The fraction of sp³-hybridized carbons (Fsp3) is 0.200. The second-order valence-electron chi connectivity index (χ2n) is 3.17. The molecule has 0 aliphatic carbocycles. The Morgan fingerprint density at radius 3 is 2.93 bits per heavy atom. The second kappa shape index (κ2) is 3.90. The first-order valence-corrected chi connectivity index (χ1v) is 4.92. The van der Waals surface area contributed by atoms with Crippen LogP contribution in [0.5, 0.6) is 5.75 Å². The number of aromatic hydroxyl groups is 1. The molecule has 1 aromatic heterocycles. The summed E-state index contributed by atoms with van der Waals surface area (Å²) in [5.74, 6) is 1.00. The van der Waals surface area contributed by atoms with Crippen LogP contribution in [0.25, 0.3) is 11.5 Å². The highest BCUT2D eigenvalue weighted by atomic mass is 35.5. The van der Waals surface area contributed by atoms with Crippen LogP contribution in [0.2, 0.25) is 0 Å². The van der Waals surface area contributed by atoms with Crippen molar-refractivity contribution in [3.8, 4) is 17.2 Å². The molecule has 0 atom stereocenters. The van der Waals surface area contributed by atoms with E-state index in [-0.39, 0.29) is 17.5 Å². The number of nitrogens with zero attached hydrogens (tertiary/aromatic N) is 2. The van der Waals surface area contributed by atoms with Gasteiger partial charge in [0, 0.05) is 0 Å². The number of rotatable bonds is 2. The molecule has 0 spiro atoms. The molecular formula is C10H9ClN2O2. The van der Waals surface area contributed by atoms with E-state index in [1.165, 1.54) is 0 Å². The third kappa shape index (κ3) is 1.94. The Morgan fingerprint density at radius 1 is 1.47 bits per heavy atom. The van der Waals surface area contributed by atoms with E-state index < -0.39 is 0 Å². The minimum absolute atomic E-state index is 0.116. The predicted molar refractivity (Wildman–Crippen MR) is 55.7 cm³/mol. The van der Waals surface area contributed by atoms with Crippen LogP contribution >= 0.6 is 11.6 Å². The molecule has 2 rings (SSSR count). The van der Waals surface area contributed by atoms with Gasteiger partial charge in [-0.15, -0.1) is 11.6 Å². The molecule has 0 bridgehead atoms. The Balaban J connectivity index is 2.48. The Bertz CT molecular complexity index is 482. The van der Waals surface area contributed by atoms with Gasteiger partial charge in [-0.3, -0.25) is 0 Å². The lowest BCUT2D eigenvalue weighted by Crippen LogP contribution is -1.83. The Kier molecular flexibility index (Phi) is 2.60. The average Bonchev–Trinajstić information content (AvgIpc) is 2.70. The number of alkyl halides is 1. The van der Waals surface area contributed by atoms with E-state index >= 15 is 0 Å². The van der Waals surface area contributed by atoms with Crippen molar-refractivity contribution in [2.24, 2.45) is 0 Å². The van der Waals surface area contributed by atoms with Crippen molar-refractivity contribution in [2.75, 3.05) is 0 Å². The van der Waals surface area contributed by atoms with E-state index in [0.29, 0.717) is 11.4 Å². The smallest absolute Gasteiger partial charge is 0.261 e. The maximum absolute atomic E-state index is 9.61. The fourth-order valence-electron chi connectivity index (χ4n) is 1.24. The van der Waals surface area contributed by atoms with Gasteiger partial charge in [-0.1, -0.05) is 16.8 Å². The number of halogens is 1. The third-order valence-corrected chi connectivity index (χ3v) is 2.21. The van der Waals surface area contributed by atoms with Gasteiger partial charge in [-0.25, -0.2) is 0 Å². The molecule has 15 heavy (non-hydrogen) atoms. The molecule has 2 aromatic rings. The van der Waals surface area contributed by atoms with Crippen molar-refractivity contribution in [3.63, 3.8) is 0 Å². The minimum Gasteiger partial charge on any atom is -0.507 e. The molecule has 1 aromatic carbocycles. The predicted octanol–water partition coefficient (Wildman–Crippen LogP) is 2.49. The van der Waals surface area contributed by atoms with Gasteiger partial charge in [0.15, 0.2) is 5.82 Å². The van der Waals surface area contributed by atoms with Crippen LogP contribution in [0.15, 0.2) is 22.7 Å². The lowest BCUT2D eigenvalue weighted by Gasteiger charge is -1.99. The molecule has 0 unspecified atom stereocenters. The first kappa shape index (κ1) is 9.98. The number of hydrogen-bond donors (Lipinski definition) is 1. The molecule has 1 N–H and O–H groups in total. The molecule has 4 nitrogen and oxygen atoms in total. The standard InChI is InChI=1S/C10H9ClN2O2/c1-6-2-3-8(14)7(4-6)10-12-9(5-11)13-15-10/h2-4,14H,5H2,1H3. The lowest BCUT2D eigenvalue weighted by molar-refractivity contribution is 0.419. The Hall–Kier alpha value is -1.55. The van der Waals surface area contributed by atoms with Crippen molar-refractivity contribution in [2.45, 2.75) is 12.8 Å². The summed E-state index contributed by atoms with van der Waals surface area (Å²) in [6.45, 7) is 1.92. The van der Waals surface area contributed by atoms with E-state index in [4.69, 9.17) is 16.1 Å². The Morgan fingerprint density at radius 2 is 2.27 bits per heavy atom. The summed E-state index contributed by atoms with van der Waals surface area (Å²) in [5.41, 5.74) is 1.53. The highest BCUT2D eigenvalue weighted by Crippen LogP contribution is 2.28. The molecule has 1 heterocycles. The largest absolute Gasteiger partial charge is 0.507 e. The van der Waals surface area contributed by atoms with Crippen molar-refractivity contribution in [1.82, 2.24) is 10.1 Å². The van der Waals surface area contributed by atoms with Crippen molar-refractivity contribution < 1.29 is 9.63 Å². The van der Waals surface area contributed by atoms with Gasteiger partial charge < -0.3 is 9.63 Å². The van der Waals surface area contributed by atoms with Gasteiger partial charge in [0.05, 0.1) is 11.4 Å². The Labute approximate surface area is 91.5 Å². The number of hydrogen-bond acceptors (Lipinski definition) is 4. The first-order chi connectivity index (χ1) is 7.20. The van der Waals surface area contributed by atoms with Crippen LogP contribution < -0.4 is 0 Å². The maximum Gasteiger partial charge on any atom is 0.261 e. The van der Waals surface area contributed by atoms with Crippen LogP contribution in [0.4, 0.5) is 0 Å². The van der Waals surface area contributed by atoms with Gasteiger partial charge in [0.1, 0.15) is 5.75 Å². The lowest BCUT2D eigenvalue weighted by atomic mass is 10.1. The molecular weight excluding hydrogens is 216 g/mol. The number of benzene rings is 1. The van der Waals surface area contributed by atoms with Crippen LogP contribution in [0.1, 0.15) is 11.4 Å². The summed E-state index contributed by atoms with van der Waals surface area (Å²) < 4.78 is 4.97. The number of phenols is 1. The van der Waals surface area contributed by atoms with Crippen LogP contribution in [-0.4, -0.2) is 15.2 Å². The number of aromatic nitrogens is 2. The topological polar surface area (TPSA) is 59.2 Å². The monoisotopic (exact) mass is 224 g/mol. The molecule has 5 heteroatoms. The molecule has 0 aliphatic heterocycles. The zero-order valence-electron chi connectivity index (χ0n) is 8.07. The van der Waals surface area contributed by atoms with Crippen molar-refractivity contribution >= 4 is 11.6 Å². The summed E-state index contributed by atoms with van der Waals surface area (Å²) >= 11 is 5.55. The molecule has 0 saturated carbocycles. The van der Waals surface area contributed by atoms with Crippen molar-refractivity contribution in [1.29, 1.82) is 0 Å². The quantitative estimate of drug-likeness (QED) is 0.797. The summed E-state index contributed by atoms with van der Waals surface area (Å²) in [5, 5.41) is 13.3. The van der Waals surface area contributed by atoms with Gasteiger partial charge in [0.2, 0.25) is 0 Å². The molecule has 0 saturated heterocycles. The van der Waals surface area contributed by atoms with E-state index in [2.05, 4.69) is 10.1 Å². The van der Waals surface area contributed by atoms with Crippen LogP contribution in [0, 0.1) is 6.92 Å². The first-order valence-electron chi connectivity index (χ1n) is 4.39. The van der Waals surface area contributed by atoms with Crippen molar-refractivity contribution in [3.05, 3.63) is 29.6 Å². The summed E-state index contributed by atoms with van der Waals surface area (Å²) in [4.78, 5) is 4.03. The fourth-order valence-corrected chi connectivity index (χ4v) is 1.35. The number of aryl methyl sites for hydroxylation is 1. The SMILES string of the molecule is Cc1ccc(O)c(-c2nc(CCl)no2)c1. The normalized spacial score (nSPS) is 10.5. The highest BCUT2D eigenvalue weighted by Gasteiger charge is 2.12. The molecule has 0 fully saturated rings. The zero-order valence-corrected chi connectivity index (χ0v) is 8.82. The summed E-state index contributed by atoms with van der Waals surface area (Å²) in [6.07, 6.45) is 0. The van der Waals surface area contributed by atoms with E-state index in [1.54, 1.807) is 18.2 Å². The van der Waals surface area contributed by atoms with Crippen LogP contribution in [-0.2, 0) is 5.88 Å².